The van der Waals surface area contributed by atoms with Crippen LogP contribution in [0, 0.1) is 28.1 Å². The maximum absolute atomic E-state index is 12.1. The first-order valence-corrected chi connectivity index (χ1v) is 8.44. The molecule has 1 heteroatoms. The molecule has 0 amide bonds. The Bertz CT molecular complexity index is 460. The van der Waals surface area contributed by atoms with Crippen LogP contribution in [-0.2, 0) is 4.79 Å². The Kier molecular flexibility index (Phi) is 3.02. The first-order valence-electron chi connectivity index (χ1n) is 8.44. The zero-order chi connectivity index (χ0) is 14.8. The van der Waals surface area contributed by atoms with Gasteiger partial charge in [0.2, 0.25) is 0 Å². The number of fused-ring (bicyclic) bond motifs is 3. The molecule has 0 N–H and O–H groups in total. The normalized spacial score (nSPS) is 47.6. The predicted molar refractivity (Wildman–Crippen MR) is 83.4 cm³/mol. The van der Waals surface area contributed by atoms with Gasteiger partial charge in [0, 0.05) is 6.42 Å². The molecule has 0 aromatic carbocycles. The zero-order valence-electron chi connectivity index (χ0n) is 13.7. The lowest BCUT2D eigenvalue weighted by Crippen LogP contribution is -2.57. The van der Waals surface area contributed by atoms with Gasteiger partial charge in [-0.15, -0.1) is 0 Å². The van der Waals surface area contributed by atoms with Crippen LogP contribution >= 0.6 is 0 Å². The fourth-order valence-electron chi connectivity index (χ4n) is 6.40. The molecule has 20 heavy (non-hydrogen) atoms. The molecule has 3 aliphatic carbocycles. The van der Waals surface area contributed by atoms with Gasteiger partial charge in [0.1, 0.15) is 0 Å². The maximum Gasteiger partial charge on any atom is 0.158 e. The molecule has 0 aliphatic heterocycles. The van der Waals surface area contributed by atoms with Crippen molar-refractivity contribution in [3.8, 4) is 0 Å². The maximum atomic E-state index is 12.1. The van der Waals surface area contributed by atoms with Crippen LogP contribution in [0.2, 0.25) is 0 Å². The number of allylic oxidation sites excluding steroid dienone is 1. The van der Waals surface area contributed by atoms with Gasteiger partial charge in [-0.3, -0.25) is 4.79 Å². The second-order valence-corrected chi connectivity index (χ2v) is 8.85. The van der Waals surface area contributed by atoms with Gasteiger partial charge in [0.25, 0.3) is 0 Å². The SMILES string of the molecule is C=C1C(=O)CC[C@@H]2[C@@]3(C)CCCC(C)(C)[C@@H]3CC[C@@]12C. The Morgan fingerprint density at radius 3 is 2.40 bits per heavy atom. The molecule has 0 unspecified atom stereocenters. The molecule has 0 spiro atoms. The van der Waals surface area contributed by atoms with Crippen molar-refractivity contribution in [2.75, 3.05) is 0 Å². The van der Waals surface area contributed by atoms with E-state index in [9.17, 15) is 4.79 Å². The number of ketones is 1. The van der Waals surface area contributed by atoms with Crippen molar-refractivity contribution in [1.29, 1.82) is 0 Å². The molecular formula is C19H30O. The fourth-order valence-corrected chi connectivity index (χ4v) is 6.40. The summed E-state index contributed by atoms with van der Waals surface area (Å²) in [6.45, 7) is 14.0. The summed E-state index contributed by atoms with van der Waals surface area (Å²) in [6.07, 6.45) is 8.36. The van der Waals surface area contributed by atoms with E-state index in [0.717, 1.165) is 24.3 Å². The van der Waals surface area contributed by atoms with Crippen LogP contribution < -0.4 is 0 Å². The van der Waals surface area contributed by atoms with E-state index >= 15 is 0 Å². The van der Waals surface area contributed by atoms with Crippen LogP contribution in [0.15, 0.2) is 12.2 Å². The quantitative estimate of drug-likeness (QED) is 0.558. The second kappa shape index (κ2) is 4.21. The summed E-state index contributed by atoms with van der Waals surface area (Å²) >= 11 is 0. The molecular weight excluding hydrogens is 244 g/mol. The zero-order valence-corrected chi connectivity index (χ0v) is 13.7. The lowest BCUT2D eigenvalue weighted by molar-refractivity contribution is -0.141. The first kappa shape index (κ1) is 14.4. The van der Waals surface area contributed by atoms with Gasteiger partial charge in [-0.25, -0.2) is 0 Å². The van der Waals surface area contributed by atoms with Crippen LogP contribution in [0.3, 0.4) is 0 Å². The number of carbonyl (C=O) groups excluding carboxylic acids is 1. The smallest absolute Gasteiger partial charge is 0.158 e. The summed E-state index contributed by atoms with van der Waals surface area (Å²) in [7, 11) is 0. The summed E-state index contributed by atoms with van der Waals surface area (Å²) in [5.41, 5.74) is 1.90. The van der Waals surface area contributed by atoms with Crippen molar-refractivity contribution in [3.05, 3.63) is 12.2 Å². The molecule has 1 nitrogen and oxygen atoms in total. The Morgan fingerprint density at radius 1 is 1.00 bits per heavy atom. The van der Waals surface area contributed by atoms with E-state index < -0.39 is 0 Å². The van der Waals surface area contributed by atoms with Crippen molar-refractivity contribution in [2.24, 2.45) is 28.1 Å². The van der Waals surface area contributed by atoms with E-state index in [4.69, 9.17) is 0 Å². The minimum Gasteiger partial charge on any atom is -0.295 e. The third-order valence-electron chi connectivity index (χ3n) is 7.48. The third kappa shape index (κ3) is 1.71. The highest BCUT2D eigenvalue weighted by molar-refractivity contribution is 5.97. The fraction of sp³-hybridized carbons (Fsp3) is 0.842. The predicted octanol–water partition coefficient (Wildman–Crippen LogP) is 5.15. The molecule has 0 aromatic rings. The van der Waals surface area contributed by atoms with Crippen LogP contribution in [0.25, 0.3) is 0 Å². The average molecular weight is 274 g/mol. The number of Topliss-reactive ketones (excluding diaryl/α,β-unsaturated/α-hetero) is 1. The summed E-state index contributed by atoms with van der Waals surface area (Å²) in [4.78, 5) is 12.1. The van der Waals surface area contributed by atoms with E-state index in [1.807, 2.05) is 0 Å². The van der Waals surface area contributed by atoms with E-state index in [1.165, 1.54) is 32.1 Å². The molecule has 0 aromatic heterocycles. The van der Waals surface area contributed by atoms with Crippen molar-refractivity contribution < 1.29 is 4.79 Å². The second-order valence-electron chi connectivity index (χ2n) is 8.85. The average Bonchev–Trinajstić information content (AvgIpc) is 2.34. The molecule has 3 aliphatic rings. The molecule has 3 fully saturated rings. The first-order chi connectivity index (χ1) is 9.22. The molecule has 0 bridgehead atoms. The minimum absolute atomic E-state index is 0.0774. The van der Waals surface area contributed by atoms with E-state index in [1.54, 1.807) is 0 Å². The van der Waals surface area contributed by atoms with E-state index in [2.05, 4.69) is 34.3 Å². The molecule has 3 saturated carbocycles. The summed E-state index contributed by atoms with van der Waals surface area (Å²) < 4.78 is 0. The molecule has 4 atom stereocenters. The van der Waals surface area contributed by atoms with Gasteiger partial charge in [-0.2, -0.15) is 0 Å². The standard InChI is InChI=1S/C19H30O/c1-13-14(20)7-8-16-18(13,4)12-9-15-17(2,3)10-6-11-19(15,16)5/h15-16H,1,6-12H2,2-5H3/t15-,16-,18-,19-/m0/s1. The molecule has 112 valence electrons. The lowest BCUT2D eigenvalue weighted by Gasteiger charge is -2.64. The monoisotopic (exact) mass is 274 g/mol. The highest BCUT2D eigenvalue weighted by Gasteiger charge is 2.60. The number of carbonyl (C=O) groups is 1. The lowest BCUT2D eigenvalue weighted by atomic mass is 9.40. The third-order valence-corrected chi connectivity index (χ3v) is 7.48. The van der Waals surface area contributed by atoms with Gasteiger partial charge >= 0.3 is 0 Å². The van der Waals surface area contributed by atoms with Gasteiger partial charge in [-0.05, 0) is 65.8 Å². The van der Waals surface area contributed by atoms with Gasteiger partial charge in [0.05, 0.1) is 0 Å². The summed E-state index contributed by atoms with van der Waals surface area (Å²) in [6, 6.07) is 0. The molecule has 0 radical (unpaired) electrons. The summed E-state index contributed by atoms with van der Waals surface area (Å²) in [5.74, 6) is 1.82. The van der Waals surface area contributed by atoms with E-state index in [0.29, 0.717) is 22.5 Å². The Labute approximate surface area is 124 Å². The Balaban J connectivity index is 2.02. The number of hydrogen-bond donors (Lipinski definition) is 0. The van der Waals surface area contributed by atoms with Crippen LogP contribution in [-0.4, -0.2) is 5.78 Å². The van der Waals surface area contributed by atoms with Crippen molar-refractivity contribution in [1.82, 2.24) is 0 Å². The largest absolute Gasteiger partial charge is 0.295 e. The van der Waals surface area contributed by atoms with Crippen LogP contribution in [0.1, 0.15) is 72.6 Å². The highest BCUT2D eigenvalue weighted by atomic mass is 16.1. The van der Waals surface area contributed by atoms with Crippen molar-refractivity contribution >= 4 is 5.78 Å². The van der Waals surface area contributed by atoms with Gasteiger partial charge in [0.15, 0.2) is 5.78 Å². The van der Waals surface area contributed by atoms with Crippen molar-refractivity contribution in [2.45, 2.75) is 72.6 Å². The minimum atomic E-state index is 0.0774. The van der Waals surface area contributed by atoms with Crippen LogP contribution in [0.5, 0.6) is 0 Å². The van der Waals surface area contributed by atoms with Crippen LogP contribution in [0.4, 0.5) is 0 Å². The van der Waals surface area contributed by atoms with Gasteiger partial charge < -0.3 is 0 Å². The molecule has 3 rings (SSSR count). The number of hydrogen-bond acceptors (Lipinski definition) is 1. The van der Waals surface area contributed by atoms with E-state index in [-0.39, 0.29) is 5.41 Å². The van der Waals surface area contributed by atoms with Crippen molar-refractivity contribution in [3.63, 3.8) is 0 Å². The summed E-state index contributed by atoms with van der Waals surface area (Å²) in [5, 5.41) is 0. The van der Waals surface area contributed by atoms with Gasteiger partial charge in [-0.1, -0.05) is 40.7 Å². The Hall–Kier alpha value is -0.590. The Morgan fingerprint density at radius 2 is 1.70 bits per heavy atom. The highest BCUT2D eigenvalue weighted by Crippen LogP contribution is 2.67. The molecule has 0 saturated heterocycles. The molecule has 0 heterocycles. The number of rotatable bonds is 0. The topological polar surface area (TPSA) is 17.1 Å².